The zero-order chi connectivity index (χ0) is 0. The van der Waals surface area contributed by atoms with Crippen LogP contribution in [0.15, 0.2) is 0 Å². The van der Waals surface area contributed by atoms with E-state index in [1.54, 1.807) is 0 Å². The van der Waals surface area contributed by atoms with Crippen LogP contribution in [0, 0.1) is 75.5 Å². The molecule has 0 aromatic rings. The van der Waals surface area contributed by atoms with Crippen molar-refractivity contribution in [3.63, 3.8) is 0 Å². The Labute approximate surface area is 118 Å². The van der Waals surface area contributed by atoms with Crippen LogP contribution in [0.2, 0.25) is 0 Å². The Balaban J connectivity index is 0. The van der Waals surface area contributed by atoms with Crippen LogP contribution in [0.1, 0.15) is 0 Å². The summed E-state index contributed by atoms with van der Waals surface area (Å²) in [6.07, 6.45) is 0. The van der Waals surface area contributed by atoms with E-state index >= 15 is 0 Å². The summed E-state index contributed by atoms with van der Waals surface area (Å²) in [5.41, 5.74) is 0. The van der Waals surface area contributed by atoms with Crippen molar-refractivity contribution >= 4 is 19.8 Å². The molecule has 0 atom stereocenters. The Bertz CT molecular complexity index is 8.00. The maximum Gasteiger partial charge on any atom is 0 e. The molecule has 0 spiro atoms. The van der Waals surface area contributed by atoms with E-state index < -0.39 is 0 Å². The zero-order valence-corrected chi connectivity index (χ0v) is 12.9. The van der Waals surface area contributed by atoms with Crippen molar-refractivity contribution in [2.75, 3.05) is 0 Å². The molecule has 4 heteroatoms. The minimum atomic E-state index is 0. The van der Waals surface area contributed by atoms with Crippen LogP contribution in [0.5, 0.6) is 0 Å². The van der Waals surface area contributed by atoms with Gasteiger partial charge in [0.1, 0.15) is 0 Å². The normalized spacial score (nSPS) is 0. The largest absolute Gasteiger partial charge is 0 e. The molecule has 0 aliphatic rings. The fourth-order valence-electron chi connectivity index (χ4n) is 0. The SMILES string of the molecule is [GaH3].[Hf].[La].[Th]. The smallest absolute Gasteiger partial charge is 0 e. The number of hydrogen-bond acceptors (Lipinski definition) is 0. The third-order valence-corrected chi connectivity index (χ3v) is 0. The molecule has 0 fully saturated rings. The first-order valence-electron chi connectivity index (χ1n) is 0. The van der Waals surface area contributed by atoms with Crippen molar-refractivity contribution in [3.05, 3.63) is 0 Å². The van der Waals surface area contributed by atoms with E-state index in [-0.39, 0.29) is 121 Å². The van der Waals surface area contributed by atoms with E-state index in [4.69, 9.17) is 0 Å². The molecule has 0 aromatic carbocycles. The Morgan fingerprint density at radius 2 is 1.00 bits per heavy atom. The molecule has 0 heterocycles. The van der Waals surface area contributed by atoms with Crippen LogP contribution >= 0.6 is 0 Å². The summed E-state index contributed by atoms with van der Waals surface area (Å²) in [7, 11) is 0. The molecule has 0 amide bonds. The van der Waals surface area contributed by atoms with Crippen LogP contribution in [0.4, 0.5) is 0 Å². The molecule has 1 radical (unpaired) electrons. The number of rotatable bonds is 0. The third kappa shape index (κ3) is 9.39. The van der Waals surface area contributed by atoms with Crippen molar-refractivity contribution in [1.29, 1.82) is 0 Å². The summed E-state index contributed by atoms with van der Waals surface area (Å²) in [5, 5.41) is 0. The van der Waals surface area contributed by atoms with Gasteiger partial charge >= 0.3 is 19.8 Å². The molecule has 0 saturated carbocycles. The third-order valence-electron chi connectivity index (χ3n) is 0. The summed E-state index contributed by atoms with van der Waals surface area (Å²) < 4.78 is 0. The van der Waals surface area contributed by atoms with Gasteiger partial charge in [-0.3, -0.25) is 0 Å². The molecule has 0 N–H and O–H groups in total. The van der Waals surface area contributed by atoms with Gasteiger partial charge in [-0.25, -0.2) is 0 Å². The molecule has 0 bridgehead atoms. The Morgan fingerprint density at radius 1 is 1.00 bits per heavy atom. The van der Waals surface area contributed by atoms with E-state index in [0.717, 1.165) is 0 Å². The molecule has 0 saturated heterocycles. The summed E-state index contributed by atoms with van der Waals surface area (Å²) in [5.74, 6) is 0. The van der Waals surface area contributed by atoms with Gasteiger partial charge in [0.2, 0.25) is 0 Å². The van der Waals surface area contributed by atoms with Gasteiger partial charge in [-0.1, -0.05) is 0 Å². The molecule has 4 heavy (non-hydrogen) atoms. The van der Waals surface area contributed by atoms with Crippen LogP contribution in [0.25, 0.3) is 0 Å². The summed E-state index contributed by atoms with van der Waals surface area (Å²) in [6, 6.07) is 0. The van der Waals surface area contributed by atoms with Crippen molar-refractivity contribution in [2.24, 2.45) is 0 Å². The fraction of sp³-hybridized carbons (Fsp3) is 0. The predicted molar refractivity (Wildman–Crippen MR) is 9.94 cm³/mol. The molecule has 0 unspecified atom stereocenters. The molecule has 0 nitrogen and oxygen atoms in total. The van der Waals surface area contributed by atoms with Crippen molar-refractivity contribution in [1.82, 2.24) is 0 Å². The average molecular weight is 622 g/mol. The van der Waals surface area contributed by atoms with Gasteiger partial charge in [-0.2, -0.15) is 0 Å². The van der Waals surface area contributed by atoms with E-state index in [1.807, 2.05) is 0 Å². The van der Waals surface area contributed by atoms with E-state index in [0.29, 0.717) is 0 Å². The monoisotopic (exact) mass is 623 g/mol. The van der Waals surface area contributed by atoms with Gasteiger partial charge in [0.25, 0.3) is 0 Å². The maximum atomic E-state index is 0. The van der Waals surface area contributed by atoms with E-state index in [9.17, 15) is 0 Å². The van der Waals surface area contributed by atoms with Crippen LogP contribution < -0.4 is 0 Å². The average Bonchev–Trinajstić information content (AvgIpc) is 0. The molecule has 0 aliphatic carbocycles. The molecule has 0 rings (SSSR count). The van der Waals surface area contributed by atoms with Crippen LogP contribution in [-0.2, 0) is 25.8 Å². The van der Waals surface area contributed by atoms with Gasteiger partial charge in [0.05, 0.1) is 0 Å². The molecule has 0 aliphatic heterocycles. The maximum absolute atomic E-state index is 0. The van der Waals surface area contributed by atoms with Crippen molar-refractivity contribution < 1.29 is 101 Å². The molecular formula is H3GaHfLaTh. The summed E-state index contributed by atoms with van der Waals surface area (Å²) >= 11 is 0. The van der Waals surface area contributed by atoms with Gasteiger partial charge in [0, 0.05) is 101 Å². The first kappa shape index (κ1) is 24.4. The van der Waals surface area contributed by atoms with E-state index in [1.165, 1.54) is 0 Å². The number of hydrogen-bond donors (Lipinski definition) is 0. The fourth-order valence-corrected chi connectivity index (χ4v) is 0. The predicted octanol–water partition coefficient (Wildman–Crippen LogP) is -1.19. The van der Waals surface area contributed by atoms with Gasteiger partial charge < -0.3 is 0 Å². The van der Waals surface area contributed by atoms with E-state index in [2.05, 4.69) is 0 Å². The standard InChI is InChI=1S/Ga.Hf.La.Th.3H. The van der Waals surface area contributed by atoms with Crippen LogP contribution in [-0.4, -0.2) is 19.8 Å². The van der Waals surface area contributed by atoms with Crippen LogP contribution in [0.3, 0.4) is 0 Å². The topological polar surface area (TPSA) is 0 Å². The minimum absolute atomic E-state index is 0. The zero-order valence-electron chi connectivity index (χ0n) is 1.58. The molecular weight excluding hydrogens is 619 g/mol. The first-order chi connectivity index (χ1) is 0. The first-order valence-corrected chi connectivity index (χ1v) is 0. The minimum Gasteiger partial charge on any atom is 0 e. The van der Waals surface area contributed by atoms with Gasteiger partial charge in [0.15, 0.2) is 0 Å². The Hall–Kier alpha value is 4.03. The van der Waals surface area contributed by atoms with Gasteiger partial charge in [-0.15, -0.1) is 0 Å². The summed E-state index contributed by atoms with van der Waals surface area (Å²) in [6.45, 7) is 0. The Morgan fingerprint density at radius 3 is 1.00 bits per heavy atom. The van der Waals surface area contributed by atoms with Crippen molar-refractivity contribution in [3.8, 4) is 0 Å². The van der Waals surface area contributed by atoms with Gasteiger partial charge in [-0.05, 0) is 0 Å². The molecule has 0 aromatic heterocycles. The Kier molecular flexibility index (Phi) is 96.2. The quantitative estimate of drug-likeness (QED) is 0.299. The second-order valence-electron chi connectivity index (χ2n) is 0. The molecule has 17 valence electrons. The second-order valence-corrected chi connectivity index (χ2v) is 0. The summed E-state index contributed by atoms with van der Waals surface area (Å²) in [4.78, 5) is 0. The second kappa shape index (κ2) is 15.7. The van der Waals surface area contributed by atoms with Crippen molar-refractivity contribution in [2.45, 2.75) is 0 Å².